The lowest BCUT2D eigenvalue weighted by Gasteiger charge is -2.16. The molecule has 1 unspecified atom stereocenters. The van der Waals surface area contributed by atoms with Gasteiger partial charge in [-0.1, -0.05) is 22.9 Å². The van der Waals surface area contributed by atoms with Crippen molar-refractivity contribution < 1.29 is 14.5 Å². The third-order valence-electron chi connectivity index (χ3n) is 3.61. The average molecular weight is 355 g/mol. The molecule has 21 heavy (non-hydrogen) atoms. The molecule has 0 spiro atoms. The quantitative estimate of drug-likeness (QED) is 0.340. The van der Waals surface area contributed by atoms with Crippen LogP contribution in [0.4, 0.5) is 5.69 Å². The van der Waals surface area contributed by atoms with Crippen molar-refractivity contribution in [3.05, 3.63) is 39.4 Å². The van der Waals surface area contributed by atoms with Crippen molar-refractivity contribution in [1.29, 1.82) is 0 Å². The number of alkyl halides is 1. The number of hydrogen-bond acceptors (Lipinski definition) is 4. The van der Waals surface area contributed by atoms with Crippen LogP contribution in [0.5, 0.6) is 0 Å². The topological polar surface area (TPSA) is 80.5 Å². The van der Waals surface area contributed by atoms with Gasteiger partial charge in [-0.25, -0.2) is 0 Å². The molecule has 1 aromatic rings. The summed E-state index contributed by atoms with van der Waals surface area (Å²) in [5.74, 6) is -0.413. The number of amides is 2. The molecule has 0 aliphatic carbocycles. The highest BCUT2D eigenvalue weighted by Gasteiger charge is 2.36. The minimum Gasteiger partial charge on any atom is -0.274 e. The van der Waals surface area contributed by atoms with E-state index in [2.05, 4.69) is 22.9 Å². The van der Waals surface area contributed by atoms with E-state index < -0.39 is 10.8 Å². The normalized spacial score (nSPS) is 15.2. The summed E-state index contributed by atoms with van der Waals surface area (Å²) in [6, 6.07) is 3.79. The van der Waals surface area contributed by atoms with Gasteiger partial charge in [0.2, 0.25) is 0 Å². The van der Waals surface area contributed by atoms with Gasteiger partial charge in [0.25, 0.3) is 17.5 Å². The Labute approximate surface area is 130 Å². The van der Waals surface area contributed by atoms with E-state index in [1.807, 2.05) is 0 Å². The Bertz CT molecular complexity index is 603. The van der Waals surface area contributed by atoms with Gasteiger partial charge in [-0.2, -0.15) is 0 Å². The van der Waals surface area contributed by atoms with Crippen molar-refractivity contribution in [2.45, 2.75) is 19.8 Å². The Morgan fingerprint density at radius 2 is 1.90 bits per heavy atom. The number of non-ortho nitro benzene ring substituents is 1. The number of hydrogen-bond donors (Lipinski definition) is 0. The molecular weight excluding hydrogens is 340 g/mol. The van der Waals surface area contributed by atoms with Crippen LogP contribution in [0.2, 0.25) is 0 Å². The van der Waals surface area contributed by atoms with Gasteiger partial charge in [-0.15, -0.1) is 0 Å². The zero-order valence-corrected chi connectivity index (χ0v) is 13.1. The summed E-state index contributed by atoms with van der Waals surface area (Å²) in [6.07, 6.45) is 1.69. The third-order valence-corrected chi connectivity index (χ3v) is 4.07. The Morgan fingerprint density at radius 3 is 2.52 bits per heavy atom. The molecule has 0 bridgehead atoms. The van der Waals surface area contributed by atoms with E-state index in [0.717, 1.165) is 18.2 Å². The summed E-state index contributed by atoms with van der Waals surface area (Å²) in [5, 5.41) is 11.6. The van der Waals surface area contributed by atoms with Crippen LogP contribution >= 0.6 is 15.9 Å². The molecule has 112 valence electrons. The molecule has 6 nitrogen and oxygen atoms in total. The van der Waals surface area contributed by atoms with Gasteiger partial charge in [0.05, 0.1) is 16.1 Å². The zero-order valence-electron chi connectivity index (χ0n) is 11.5. The molecule has 0 fully saturated rings. The van der Waals surface area contributed by atoms with Crippen LogP contribution < -0.4 is 0 Å². The molecule has 7 heteroatoms. The number of benzene rings is 1. The van der Waals surface area contributed by atoms with Crippen molar-refractivity contribution in [2.75, 3.05) is 11.9 Å². The molecule has 0 radical (unpaired) electrons. The van der Waals surface area contributed by atoms with Gasteiger partial charge in [0.1, 0.15) is 0 Å². The summed E-state index contributed by atoms with van der Waals surface area (Å²) >= 11 is 3.36. The van der Waals surface area contributed by atoms with Crippen LogP contribution in [0.15, 0.2) is 18.2 Å². The van der Waals surface area contributed by atoms with Crippen LogP contribution in [0, 0.1) is 16.0 Å². The first-order valence-electron chi connectivity index (χ1n) is 6.66. The molecule has 1 aliphatic heterocycles. The van der Waals surface area contributed by atoms with Gasteiger partial charge in [0, 0.05) is 24.0 Å². The predicted octanol–water partition coefficient (Wildman–Crippen LogP) is 3.00. The lowest BCUT2D eigenvalue weighted by molar-refractivity contribution is -0.384. The second-order valence-corrected chi connectivity index (χ2v) is 5.91. The van der Waals surface area contributed by atoms with E-state index in [-0.39, 0.29) is 22.7 Å². The number of nitro benzene ring substituents is 1. The largest absolute Gasteiger partial charge is 0.274 e. The first-order chi connectivity index (χ1) is 9.95. The van der Waals surface area contributed by atoms with E-state index in [4.69, 9.17) is 0 Å². The molecule has 0 N–H and O–H groups in total. The van der Waals surface area contributed by atoms with E-state index in [1.165, 1.54) is 23.1 Å². The number of nitro groups is 1. The van der Waals surface area contributed by atoms with Crippen molar-refractivity contribution in [2.24, 2.45) is 5.92 Å². The van der Waals surface area contributed by atoms with Crippen LogP contribution in [0.3, 0.4) is 0 Å². The number of carbonyl (C=O) groups is 2. The summed E-state index contributed by atoms with van der Waals surface area (Å²) in [6.45, 7) is 2.40. The molecule has 1 aliphatic rings. The van der Waals surface area contributed by atoms with Crippen LogP contribution in [0.1, 0.15) is 40.5 Å². The highest BCUT2D eigenvalue weighted by molar-refractivity contribution is 9.09. The monoisotopic (exact) mass is 354 g/mol. The zero-order chi connectivity index (χ0) is 15.6. The van der Waals surface area contributed by atoms with Crippen LogP contribution in [-0.4, -0.2) is 33.5 Å². The molecule has 1 heterocycles. The lowest BCUT2D eigenvalue weighted by atomic mass is 10.1. The van der Waals surface area contributed by atoms with E-state index in [0.29, 0.717) is 12.5 Å². The van der Waals surface area contributed by atoms with Gasteiger partial charge in [-0.3, -0.25) is 24.6 Å². The smallest absolute Gasteiger partial charge is 0.270 e. The molecule has 0 aromatic heterocycles. The fourth-order valence-corrected chi connectivity index (χ4v) is 3.06. The molecule has 2 amide bonds. The molecule has 2 rings (SSSR count). The minimum absolute atomic E-state index is 0.127. The van der Waals surface area contributed by atoms with Crippen molar-refractivity contribution in [1.82, 2.24) is 4.90 Å². The molecule has 0 saturated carbocycles. The molecule has 1 aromatic carbocycles. The van der Waals surface area contributed by atoms with Crippen LogP contribution in [0.25, 0.3) is 0 Å². The van der Waals surface area contributed by atoms with E-state index in [1.54, 1.807) is 0 Å². The second-order valence-electron chi connectivity index (χ2n) is 5.12. The maximum absolute atomic E-state index is 12.2. The number of imide groups is 1. The fourth-order valence-electron chi connectivity index (χ4n) is 2.28. The number of rotatable bonds is 6. The first kappa shape index (κ1) is 15.6. The Kier molecular flexibility index (Phi) is 4.72. The maximum atomic E-state index is 12.2. The molecule has 1 atom stereocenters. The number of nitrogens with zero attached hydrogens (tertiary/aromatic N) is 2. The Balaban J connectivity index is 2.16. The first-order valence-corrected chi connectivity index (χ1v) is 7.78. The summed E-state index contributed by atoms with van der Waals surface area (Å²) < 4.78 is 0. The van der Waals surface area contributed by atoms with Gasteiger partial charge in [0.15, 0.2) is 0 Å². The summed E-state index contributed by atoms with van der Waals surface area (Å²) in [5.41, 5.74) is 0.200. The van der Waals surface area contributed by atoms with Crippen molar-refractivity contribution in [3.63, 3.8) is 0 Å². The maximum Gasteiger partial charge on any atom is 0.270 e. The fraction of sp³-hybridized carbons (Fsp3) is 0.429. The standard InChI is InChI=1S/C14H15BrN2O4/c1-9(4-6-15)5-7-16-13(18)11-3-2-10(17(20)21)8-12(11)14(16)19/h2-3,8-9H,4-7H2,1H3. The highest BCUT2D eigenvalue weighted by Crippen LogP contribution is 2.27. The van der Waals surface area contributed by atoms with Crippen LogP contribution in [-0.2, 0) is 0 Å². The van der Waals surface area contributed by atoms with E-state index >= 15 is 0 Å². The van der Waals surface area contributed by atoms with Gasteiger partial charge in [-0.05, 0) is 24.8 Å². The molecular formula is C14H15BrN2O4. The lowest BCUT2D eigenvalue weighted by Crippen LogP contribution is -2.31. The Morgan fingerprint density at radius 1 is 1.24 bits per heavy atom. The van der Waals surface area contributed by atoms with Gasteiger partial charge >= 0.3 is 0 Å². The van der Waals surface area contributed by atoms with Crippen molar-refractivity contribution >= 4 is 33.4 Å². The van der Waals surface area contributed by atoms with E-state index in [9.17, 15) is 19.7 Å². The number of halogens is 1. The number of carbonyl (C=O) groups excluding carboxylic acids is 2. The third kappa shape index (κ3) is 3.12. The summed E-state index contributed by atoms with van der Waals surface area (Å²) in [7, 11) is 0. The predicted molar refractivity (Wildman–Crippen MR) is 80.7 cm³/mol. The minimum atomic E-state index is -0.571. The van der Waals surface area contributed by atoms with Crippen molar-refractivity contribution in [3.8, 4) is 0 Å². The summed E-state index contributed by atoms with van der Waals surface area (Å²) in [4.78, 5) is 35.8. The SMILES string of the molecule is CC(CCBr)CCN1C(=O)c2ccc([N+](=O)[O-])cc2C1=O. The average Bonchev–Trinajstić information content (AvgIpc) is 2.69. The Hall–Kier alpha value is -1.76. The van der Waals surface area contributed by atoms with Gasteiger partial charge < -0.3 is 0 Å². The second kappa shape index (κ2) is 6.34. The highest BCUT2D eigenvalue weighted by atomic mass is 79.9. The number of fused-ring (bicyclic) bond motifs is 1. The molecule has 0 saturated heterocycles.